The number of likely N-dealkylation sites (tertiary alicyclic amines) is 1. The summed E-state index contributed by atoms with van der Waals surface area (Å²) in [5.74, 6) is 2.04. The zero-order chi connectivity index (χ0) is 14.8. The van der Waals surface area contributed by atoms with Crippen LogP contribution in [-0.2, 0) is 4.79 Å². The molecule has 21 heavy (non-hydrogen) atoms. The fraction of sp³-hybridized carbons (Fsp3) is 0.562. The number of carbonyl (C=O) groups excluding carboxylic acids is 1. The standard InChI is InChI=1S/C16H21ClN2O2/c1-11(21-15-4-2-3-14(17)7-15)16(20)19-6-5-12-8-18-9-13(12)10-19/h2-4,7,11-13,18H,5-6,8-10H2,1H3. The van der Waals surface area contributed by atoms with E-state index in [0.29, 0.717) is 16.7 Å². The van der Waals surface area contributed by atoms with Gasteiger partial charge in [0.05, 0.1) is 0 Å². The molecule has 2 fully saturated rings. The molecule has 2 heterocycles. The predicted molar refractivity (Wildman–Crippen MR) is 82.6 cm³/mol. The predicted octanol–water partition coefficient (Wildman–Crippen LogP) is 2.18. The highest BCUT2D eigenvalue weighted by Gasteiger charge is 2.35. The molecule has 1 aromatic rings. The third-order valence-electron chi connectivity index (χ3n) is 4.47. The number of halogens is 1. The molecule has 1 amide bonds. The van der Waals surface area contributed by atoms with Crippen molar-refractivity contribution in [2.24, 2.45) is 11.8 Å². The summed E-state index contributed by atoms with van der Waals surface area (Å²) >= 11 is 5.94. The highest BCUT2D eigenvalue weighted by molar-refractivity contribution is 6.30. The third kappa shape index (κ3) is 3.33. The monoisotopic (exact) mass is 308 g/mol. The SMILES string of the molecule is CC(Oc1cccc(Cl)c1)C(=O)N1CCC2CNCC2C1. The summed E-state index contributed by atoms with van der Waals surface area (Å²) in [6.07, 6.45) is 0.613. The maximum Gasteiger partial charge on any atom is 0.263 e. The Morgan fingerprint density at radius 2 is 2.24 bits per heavy atom. The van der Waals surface area contributed by atoms with Crippen molar-refractivity contribution < 1.29 is 9.53 Å². The summed E-state index contributed by atoms with van der Waals surface area (Å²) in [7, 11) is 0. The van der Waals surface area contributed by atoms with E-state index in [-0.39, 0.29) is 5.91 Å². The summed E-state index contributed by atoms with van der Waals surface area (Å²) < 4.78 is 5.73. The van der Waals surface area contributed by atoms with E-state index >= 15 is 0 Å². The van der Waals surface area contributed by atoms with Gasteiger partial charge in [-0.25, -0.2) is 0 Å². The zero-order valence-electron chi connectivity index (χ0n) is 12.2. The van der Waals surface area contributed by atoms with Crippen molar-refractivity contribution in [2.45, 2.75) is 19.4 Å². The Hall–Kier alpha value is -1.26. The number of nitrogens with zero attached hydrogens (tertiary/aromatic N) is 1. The van der Waals surface area contributed by atoms with E-state index in [1.54, 1.807) is 12.1 Å². The molecule has 0 bridgehead atoms. The number of benzene rings is 1. The Morgan fingerprint density at radius 3 is 3.05 bits per heavy atom. The molecule has 0 spiro atoms. The Labute approximate surface area is 130 Å². The molecule has 114 valence electrons. The van der Waals surface area contributed by atoms with Crippen molar-refractivity contribution in [3.63, 3.8) is 0 Å². The number of ether oxygens (including phenoxy) is 1. The topological polar surface area (TPSA) is 41.6 Å². The van der Waals surface area contributed by atoms with E-state index in [1.165, 1.54) is 0 Å². The smallest absolute Gasteiger partial charge is 0.263 e. The molecule has 3 rings (SSSR count). The van der Waals surface area contributed by atoms with Gasteiger partial charge in [0, 0.05) is 18.1 Å². The zero-order valence-corrected chi connectivity index (χ0v) is 13.0. The fourth-order valence-electron chi connectivity index (χ4n) is 3.29. The first-order valence-electron chi connectivity index (χ1n) is 7.55. The first kappa shape index (κ1) is 14.7. The summed E-state index contributed by atoms with van der Waals surface area (Å²) in [6.45, 7) is 5.62. The Kier molecular flexibility index (Phi) is 4.36. The van der Waals surface area contributed by atoms with Crippen LogP contribution in [0.5, 0.6) is 5.75 Å². The highest BCUT2D eigenvalue weighted by atomic mass is 35.5. The number of rotatable bonds is 3. The van der Waals surface area contributed by atoms with Crippen LogP contribution in [0.3, 0.4) is 0 Å². The van der Waals surface area contributed by atoms with Gasteiger partial charge in [-0.15, -0.1) is 0 Å². The Morgan fingerprint density at radius 1 is 1.43 bits per heavy atom. The van der Waals surface area contributed by atoms with Crippen LogP contribution >= 0.6 is 11.6 Å². The third-order valence-corrected chi connectivity index (χ3v) is 4.71. The minimum Gasteiger partial charge on any atom is -0.481 e. The van der Waals surface area contributed by atoms with Crippen molar-refractivity contribution >= 4 is 17.5 Å². The highest BCUT2D eigenvalue weighted by Crippen LogP contribution is 2.27. The van der Waals surface area contributed by atoms with Crippen LogP contribution in [0, 0.1) is 11.8 Å². The van der Waals surface area contributed by atoms with Crippen molar-refractivity contribution in [3.05, 3.63) is 29.3 Å². The van der Waals surface area contributed by atoms with Crippen LogP contribution in [0.1, 0.15) is 13.3 Å². The van der Waals surface area contributed by atoms with Gasteiger partial charge >= 0.3 is 0 Å². The molecule has 1 N–H and O–H groups in total. The molecule has 5 heteroatoms. The average molecular weight is 309 g/mol. The summed E-state index contributed by atoms with van der Waals surface area (Å²) in [5.41, 5.74) is 0. The van der Waals surface area contributed by atoms with E-state index in [4.69, 9.17) is 16.3 Å². The summed E-state index contributed by atoms with van der Waals surface area (Å²) in [5, 5.41) is 4.03. The van der Waals surface area contributed by atoms with Gasteiger partial charge in [0.25, 0.3) is 5.91 Å². The second kappa shape index (κ2) is 6.24. The van der Waals surface area contributed by atoms with Crippen molar-refractivity contribution in [3.8, 4) is 5.75 Å². The summed E-state index contributed by atoms with van der Waals surface area (Å²) in [6, 6.07) is 7.17. The van der Waals surface area contributed by atoms with Crippen molar-refractivity contribution in [1.29, 1.82) is 0 Å². The maximum absolute atomic E-state index is 12.5. The molecule has 3 unspecified atom stereocenters. The molecule has 3 atom stereocenters. The van der Waals surface area contributed by atoms with E-state index in [0.717, 1.165) is 38.5 Å². The quantitative estimate of drug-likeness (QED) is 0.930. The minimum absolute atomic E-state index is 0.0697. The molecule has 0 saturated carbocycles. The Bertz CT molecular complexity index is 523. The number of hydrogen-bond donors (Lipinski definition) is 1. The normalized spacial score (nSPS) is 26.3. The van der Waals surface area contributed by atoms with Gasteiger partial charge in [0.1, 0.15) is 5.75 Å². The number of piperidine rings is 1. The van der Waals surface area contributed by atoms with Crippen molar-refractivity contribution in [1.82, 2.24) is 10.2 Å². The van der Waals surface area contributed by atoms with Crippen LogP contribution in [0.15, 0.2) is 24.3 Å². The second-order valence-corrected chi connectivity index (χ2v) is 6.41. The van der Waals surface area contributed by atoms with Gasteiger partial charge in [-0.2, -0.15) is 0 Å². The Balaban J connectivity index is 1.59. The lowest BCUT2D eigenvalue weighted by Crippen LogP contribution is -2.48. The van der Waals surface area contributed by atoms with Gasteiger partial charge in [0.2, 0.25) is 0 Å². The second-order valence-electron chi connectivity index (χ2n) is 5.97. The number of carbonyl (C=O) groups is 1. The van der Waals surface area contributed by atoms with Gasteiger partial charge in [-0.3, -0.25) is 4.79 Å². The number of hydrogen-bond acceptors (Lipinski definition) is 3. The van der Waals surface area contributed by atoms with Crippen LogP contribution in [-0.4, -0.2) is 43.1 Å². The lowest BCUT2D eigenvalue weighted by Gasteiger charge is -2.35. The van der Waals surface area contributed by atoms with Crippen LogP contribution in [0.25, 0.3) is 0 Å². The van der Waals surface area contributed by atoms with Gasteiger partial charge in [-0.1, -0.05) is 17.7 Å². The molecule has 0 radical (unpaired) electrons. The van der Waals surface area contributed by atoms with E-state index < -0.39 is 6.10 Å². The molecule has 4 nitrogen and oxygen atoms in total. The van der Waals surface area contributed by atoms with E-state index in [1.807, 2.05) is 24.0 Å². The number of fused-ring (bicyclic) bond motifs is 1. The van der Waals surface area contributed by atoms with Crippen LogP contribution in [0.4, 0.5) is 0 Å². The van der Waals surface area contributed by atoms with Crippen LogP contribution in [0.2, 0.25) is 5.02 Å². The largest absolute Gasteiger partial charge is 0.481 e. The van der Waals surface area contributed by atoms with E-state index in [9.17, 15) is 4.79 Å². The fourth-order valence-corrected chi connectivity index (χ4v) is 3.47. The molecule has 2 aliphatic rings. The molecular weight excluding hydrogens is 288 g/mol. The van der Waals surface area contributed by atoms with Crippen molar-refractivity contribution in [2.75, 3.05) is 26.2 Å². The van der Waals surface area contributed by atoms with Gasteiger partial charge in [-0.05, 0) is 56.5 Å². The summed E-state index contributed by atoms with van der Waals surface area (Å²) in [4.78, 5) is 14.5. The molecule has 2 saturated heterocycles. The lowest BCUT2D eigenvalue weighted by atomic mass is 9.88. The van der Waals surface area contributed by atoms with E-state index in [2.05, 4.69) is 5.32 Å². The molecule has 2 aliphatic heterocycles. The van der Waals surface area contributed by atoms with Gasteiger partial charge in [0.15, 0.2) is 6.10 Å². The maximum atomic E-state index is 12.5. The molecule has 0 aliphatic carbocycles. The van der Waals surface area contributed by atoms with Crippen LogP contribution < -0.4 is 10.1 Å². The molecule has 1 aromatic carbocycles. The molecule has 0 aromatic heterocycles. The first-order valence-corrected chi connectivity index (χ1v) is 7.93. The minimum atomic E-state index is -0.477. The lowest BCUT2D eigenvalue weighted by molar-refractivity contribution is -0.140. The number of amides is 1. The average Bonchev–Trinajstić information content (AvgIpc) is 2.93. The van der Waals surface area contributed by atoms with Gasteiger partial charge < -0.3 is 15.0 Å². The number of nitrogens with one attached hydrogen (secondary N) is 1. The molecular formula is C16H21ClN2O2. The first-order chi connectivity index (χ1) is 10.1.